The highest BCUT2D eigenvalue weighted by molar-refractivity contribution is 5.87. The van der Waals surface area contributed by atoms with Gasteiger partial charge in [-0.1, -0.05) is 19.1 Å². The minimum atomic E-state index is 0.784. The Labute approximate surface area is 88.6 Å². The number of hydrogen-bond donors (Lipinski definition) is 1. The Balaban J connectivity index is 2.54. The second-order valence-electron chi connectivity index (χ2n) is 3.45. The highest BCUT2D eigenvalue weighted by Gasteiger charge is 2.01. The molecule has 2 aromatic rings. The molecule has 1 aromatic carbocycles. The number of H-pyrrole nitrogens is 1. The molecule has 0 saturated heterocycles. The molecule has 0 aliphatic heterocycles. The number of aryl methyl sites for hydroxylation is 1. The van der Waals surface area contributed by atoms with E-state index in [1.807, 2.05) is 12.1 Å². The third kappa shape index (κ3) is 1.84. The lowest BCUT2D eigenvalue weighted by atomic mass is 10.1. The van der Waals surface area contributed by atoms with E-state index in [0.717, 1.165) is 23.9 Å². The van der Waals surface area contributed by atoms with Crippen LogP contribution in [-0.2, 0) is 11.2 Å². The number of allylic oxidation sites excluding steroid dienone is 1. The highest BCUT2D eigenvalue weighted by Crippen LogP contribution is 2.20. The van der Waals surface area contributed by atoms with E-state index in [9.17, 15) is 4.79 Å². The number of aromatic nitrogens is 1. The van der Waals surface area contributed by atoms with Crippen molar-refractivity contribution < 1.29 is 4.79 Å². The Hall–Kier alpha value is -1.83. The van der Waals surface area contributed by atoms with E-state index in [4.69, 9.17) is 0 Å². The van der Waals surface area contributed by atoms with Crippen LogP contribution in [-0.4, -0.2) is 11.3 Å². The first kappa shape index (κ1) is 9.71. The number of aldehydes is 1. The Morgan fingerprint density at radius 3 is 3.00 bits per heavy atom. The second kappa shape index (κ2) is 4.13. The maximum Gasteiger partial charge on any atom is 0.142 e. The van der Waals surface area contributed by atoms with Gasteiger partial charge in [-0.3, -0.25) is 4.79 Å². The van der Waals surface area contributed by atoms with Gasteiger partial charge in [0.05, 0.1) is 0 Å². The predicted molar refractivity (Wildman–Crippen MR) is 62.8 cm³/mol. The van der Waals surface area contributed by atoms with E-state index in [2.05, 4.69) is 24.0 Å². The molecule has 0 atom stereocenters. The van der Waals surface area contributed by atoms with Crippen molar-refractivity contribution in [1.29, 1.82) is 0 Å². The van der Waals surface area contributed by atoms with Crippen LogP contribution in [0.2, 0.25) is 0 Å². The molecule has 2 heteroatoms. The number of carbonyl (C=O) groups is 1. The van der Waals surface area contributed by atoms with Gasteiger partial charge in [-0.25, -0.2) is 0 Å². The molecule has 0 bridgehead atoms. The molecule has 0 unspecified atom stereocenters. The van der Waals surface area contributed by atoms with E-state index in [1.54, 1.807) is 6.08 Å². The average molecular weight is 199 g/mol. The van der Waals surface area contributed by atoms with Crippen molar-refractivity contribution in [1.82, 2.24) is 4.98 Å². The summed E-state index contributed by atoms with van der Waals surface area (Å²) >= 11 is 0. The maximum atomic E-state index is 10.2. The number of carbonyl (C=O) groups excluding carboxylic acids is 1. The molecule has 15 heavy (non-hydrogen) atoms. The van der Waals surface area contributed by atoms with Crippen molar-refractivity contribution in [2.45, 2.75) is 13.3 Å². The molecule has 0 radical (unpaired) electrons. The van der Waals surface area contributed by atoms with Gasteiger partial charge in [-0.15, -0.1) is 0 Å². The Morgan fingerprint density at radius 2 is 2.27 bits per heavy atom. The van der Waals surface area contributed by atoms with Crippen LogP contribution in [0, 0.1) is 0 Å². The van der Waals surface area contributed by atoms with Gasteiger partial charge in [0.2, 0.25) is 0 Å². The minimum absolute atomic E-state index is 0.784. The molecule has 1 heterocycles. The van der Waals surface area contributed by atoms with Crippen molar-refractivity contribution >= 4 is 23.3 Å². The summed E-state index contributed by atoms with van der Waals surface area (Å²) in [6.45, 7) is 2.14. The fourth-order valence-corrected chi connectivity index (χ4v) is 1.78. The van der Waals surface area contributed by atoms with Crippen LogP contribution >= 0.6 is 0 Å². The van der Waals surface area contributed by atoms with Gasteiger partial charge in [0, 0.05) is 16.6 Å². The summed E-state index contributed by atoms with van der Waals surface area (Å²) in [6.07, 6.45) is 5.08. The Morgan fingerprint density at radius 1 is 1.40 bits per heavy atom. The first-order valence-corrected chi connectivity index (χ1v) is 5.07. The molecule has 0 amide bonds. The van der Waals surface area contributed by atoms with Gasteiger partial charge >= 0.3 is 0 Å². The van der Waals surface area contributed by atoms with Crippen LogP contribution in [0.4, 0.5) is 0 Å². The number of nitrogens with one attached hydrogen (secondary N) is 1. The second-order valence-corrected chi connectivity index (χ2v) is 3.45. The van der Waals surface area contributed by atoms with Crippen molar-refractivity contribution in [3.8, 4) is 0 Å². The first-order valence-electron chi connectivity index (χ1n) is 5.07. The topological polar surface area (TPSA) is 32.9 Å². The molecule has 2 rings (SSSR count). The van der Waals surface area contributed by atoms with Crippen LogP contribution in [0.25, 0.3) is 17.0 Å². The molecule has 0 aliphatic rings. The van der Waals surface area contributed by atoms with Crippen molar-refractivity contribution in [3.63, 3.8) is 0 Å². The molecule has 0 spiro atoms. The lowest BCUT2D eigenvalue weighted by molar-refractivity contribution is -0.104. The Kier molecular flexibility index (Phi) is 2.68. The smallest absolute Gasteiger partial charge is 0.142 e. The zero-order valence-corrected chi connectivity index (χ0v) is 8.66. The lowest BCUT2D eigenvalue weighted by Crippen LogP contribution is -1.79. The van der Waals surface area contributed by atoms with E-state index in [0.29, 0.717) is 0 Å². The summed E-state index contributed by atoms with van der Waals surface area (Å²) in [4.78, 5) is 13.5. The molecular formula is C13H13NO. The Bertz CT molecular complexity index is 508. The highest BCUT2D eigenvalue weighted by atomic mass is 16.1. The first-order chi connectivity index (χ1) is 7.35. The quantitative estimate of drug-likeness (QED) is 0.598. The minimum Gasteiger partial charge on any atom is -0.355 e. The SMILES string of the molecule is CCc1cccc2[nH]c(/C=C/C=O)cc12. The van der Waals surface area contributed by atoms with Crippen LogP contribution in [0.15, 0.2) is 30.3 Å². The fourth-order valence-electron chi connectivity index (χ4n) is 1.78. The molecular weight excluding hydrogens is 186 g/mol. The summed E-state index contributed by atoms with van der Waals surface area (Å²) in [7, 11) is 0. The van der Waals surface area contributed by atoms with Crippen LogP contribution < -0.4 is 0 Å². The van der Waals surface area contributed by atoms with Gasteiger partial charge in [0.15, 0.2) is 0 Å². The molecule has 0 fully saturated rings. The normalized spacial score (nSPS) is 11.3. The number of rotatable bonds is 3. The van der Waals surface area contributed by atoms with Crippen molar-refractivity contribution in [2.24, 2.45) is 0 Å². The fraction of sp³-hybridized carbons (Fsp3) is 0.154. The van der Waals surface area contributed by atoms with E-state index >= 15 is 0 Å². The lowest BCUT2D eigenvalue weighted by Gasteiger charge is -1.96. The molecule has 1 N–H and O–H groups in total. The number of aromatic amines is 1. The number of hydrogen-bond acceptors (Lipinski definition) is 1. The number of benzene rings is 1. The van der Waals surface area contributed by atoms with Gasteiger partial charge < -0.3 is 4.98 Å². The van der Waals surface area contributed by atoms with E-state index in [-0.39, 0.29) is 0 Å². The summed E-state index contributed by atoms with van der Waals surface area (Å²) in [5, 5.41) is 1.24. The standard InChI is InChI=1S/C13H13NO/c1-2-10-5-3-7-13-12(10)9-11(14-13)6-4-8-15/h3-9,14H,2H2,1H3/b6-4+. The van der Waals surface area contributed by atoms with Crippen LogP contribution in [0.3, 0.4) is 0 Å². The summed E-state index contributed by atoms with van der Waals surface area (Å²) in [5.41, 5.74) is 3.42. The maximum absolute atomic E-state index is 10.2. The summed E-state index contributed by atoms with van der Waals surface area (Å²) in [5.74, 6) is 0. The van der Waals surface area contributed by atoms with E-state index < -0.39 is 0 Å². The van der Waals surface area contributed by atoms with Gasteiger partial charge in [-0.05, 0) is 36.3 Å². The van der Waals surface area contributed by atoms with Crippen LogP contribution in [0.1, 0.15) is 18.2 Å². The predicted octanol–water partition coefficient (Wildman–Crippen LogP) is 2.94. The largest absolute Gasteiger partial charge is 0.355 e. The molecule has 2 nitrogen and oxygen atoms in total. The molecule has 76 valence electrons. The number of fused-ring (bicyclic) bond motifs is 1. The summed E-state index contributed by atoms with van der Waals surface area (Å²) in [6, 6.07) is 8.30. The van der Waals surface area contributed by atoms with Gasteiger partial charge in [0.1, 0.15) is 6.29 Å². The third-order valence-corrected chi connectivity index (χ3v) is 2.51. The monoisotopic (exact) mass is 199 g/mol. The van der Waals surface area contributed by atoms with Crippen molar-refractivity contribution in [2.75, 3.05) is 0 Å². The molecule has 0 aliphatic carbocycles. The zero-order chi connectivity index (χ0) is 10.7. The van der Waals surface area contributed by atoms with Gasteiger partial charge in [0.25, 0.3) is 0 Å². The van der Waals surface area contributed by atoms with Gasteiger partial charge in [-0.2, -0.15) is 0 Å². The molecule has 1 aromatic heterocycles. The summed E-state index contributed by atoms with van der Waals surface area (Å²) < 4.78 is 0. The third-order valence-electron chi connectivity index (χ3n) is 2.51. The van der Waals surface area contributed by atoms with Crippen LogP contribution in [0.5, 0.6) is 0 Å². The zero-order valence-electron chi connectivity index (χ0n) is 8.66. The van der Waals surface area contributed by atoms with Crippen molar-refractivity contribution in [3.05, 3.63) is 41.6 Å². The van der Waals surface area contributed by atoms with E-state index in [1.165, 1.54) is 17.0 Å². The molecule has 0 saturated carbocycles. The average Bonchev–Trinajstić information content (AvgIpc) is 2.68.